The molecule has 0 atom stereocenters. The Balaban J connectivity index is 2.09. The number of fused-ring (bicyclic) bond motifs is 1. The summed E-state index contributed by atoms with van der Waals surface area (Å²) in [6.45, 7) is 0. The van der Waals surface area contributed by atoms with E-state index in [1.807, 2.05) is 50.5 Å². The first-order chi connectivity index (χ1) is 10.6. The van der Waals surface area contributed by atoms with Gasteiger partial charge in [0.25, 0.3) is 5.56 Å². The van der Waals surface area contributed by atoms with E-state index >= 15 is 0 Å². The molecule has 0 aliphatic heterocycles. The minimum Gasteiger partial charge on any atom is -0.369 e. The van der Waals surface area contributed by atoms with Crippen molar-refractivity contribution < 1.29 is 0 Å². The molecule has 0 amide bonds. The Morgan fingerprint density at radius 3 is 2.59 bits per heavy atom. The predicted octanol–water partition coefficient (Wildman–Crippen LogP) is 2.21. The molecule has 0 fully saturated rings. The van der Waals surface area contributed by atoms with Gasteiger partial charge in [-0.25, -0.2) is 15.0 Å². The Hall–Kier alpha value is -3.02. The van der Waals surface area contributed by atoms with Gasteiger partial charge in [0.1, 0.15) is 0 Å². The lowest BCUT2D eigenvalue weighted by molar-refractivity contribution is 0.642. The largest absolute Gasteiger partial charge is 0.369 e. The number of nitrogens with zero attached hydrogens (tertiary/aromatic N) is 4. The van der Waals surface area contributed by atoms with Crippen LogP contribution in [0.4, 0.5) is 5.95 Å². The Labute approximate surface area is 127 Å². The monoisotopic (exact) mass is 293 g/mol. The van der Waals surface area contributed by atoms with Gasteiger partial charge in [-0.2, -0.15) is 0 Å². The van der Waals surface area contributed by atoms with Crippen molar-refractivity contribution in [1.29, 1.82) is 0 Å². The molecule has 0 saturated carbocycles. The summed E-state index contributed by atoms with van der Waals surface area (Å²) in [7, 11) is 3.69. The number of aromatic amines is 1. The average molecular weight is 293 g/mol. The van der Waals surface area contributed by atoms with Gasteiger partial charge in [-0.3, -0.25) is 9.78 Å². The fraction of sp³-hybridized carbons (Fsp3) is 0.125. The van der Waals surface area contributed by atoms with Crippen LogP contribution in [-0.4, -0.2) is 40.3 Å². The number of hydrogen-bond donors (Lipinski definition) is 1. The Morgan fingerprint density at radius 1 is 1.09 bits per heavy atom. The molecule has 22 heavy (non-hydrogen) atoms. The van der Waals surface area contributed by atoms with E-state index in [-0.39, 0.29) is 11.5 Å². The molecule has 6 heteroatoms. The maximum Gasteiger partial charge on any atom is 0.278 e. The molecule has 1 N–H and O–H groups in total. The predicted molar refractivity (Wildman–Crippen MR) is 87.4 cm³/mol. The van der Waals surface area contributed by atoms with E-state index in [4.69, 9.17) is 0 Å². The van der Waals surface area contributed by atoms with Gasteiger partial charge in [-0.05, 0) is 12.1 Å². The highest BCUT2D eigenvalue weighted by Crippen LogP contribution is 2.18. The maximum absolute atomic E-state index is 12.2. The van der Waals surface area contributed by atoms with E-state index in [0.717, 1.165) is 11.3 Å². The summed E-state index contributed by atoms with van der Waals surface area (Å²) in [5.74, 6) is 0.264. The number of hydrogen-bond acceptors (Lipinski definition) is 4. The van der Waals surface area contributed by atoms with Gasteiger partial charge in [0.05, 0.1) is 17.5 Å². The molecule has 0 aliphatic carbocycles. The molecule has 1 aromatic carbocycles. The van der Waals surface area contributed by atoms with Crippen LogP contribution >= 0.6 is 0 Å². The summed E-state index contributed by atoms with van der Waals surface area (Å²) < 4.78 is 0. The molecule has 0 bridgehead atoms. The molecule has 0 saturated heterocycles. The van der Waals surface area contributed by atoms with Gasteiger partial charge >= 0.3 is 0 Å². The topological polar surface area (TPSA) is 74.2 Å². The van der Waals surface area contributed by atoms with Gasteiger partial charge in [-0.15, -0.1) is 0 Å². The fourth-order valence-electron chi connectivity index (χ4n) is 2.01. The van der Waals surface area contributed by atoms with Gasteiger partial charge in [0.2, 0.25) is 5.95 Å². The number of nitrogens with one attached hydrogen (secondary N) is 1. The van der Waals surface area contributed by atoms with Crippen molar-refractivity contribution in [3.63, 3.8) is 0 Å². The van der Waals surface area contributed by atoms with Gasteiger partial charge in [0.15, 0.2) is 5.52 Å². The summed E-state index contributed by atoms with van der Waals surface area (Å²) >= 11 is 0. The SMILES string of the molecule is CN(C)/C=N/c1nc2ccc(-c3ccccc3)nc2c(=O)[nH]1. The minimum absolute atomic E-state index is 0.264. The summed E-state index contributed by atoms with van der Waals surface area (Å²) in [4.78, 5) is 29.4. The van der Waals surface area contributed by atoms with Crippen molar-refractivity contribution in [2.75, 3.05) is 14.1 Å². The second kappa shape index (κ2) is 5.77. The van der Waals surface area contributed by atoms with Crippen LogP contribution in [0.15, 0.2) is 52.3 Å². The molecular weight excluding hydrogens is 278 g/mol. The first-order valence-corrected chi connectivity index (χ1v) is 6.80. The molecule has 110 valence electrons. The lowest BCUT2D eigenvalue weighted by Crippen LogP contribution is -2.11. The van der Waals surface area contributed by atoms with Crippen LogP contribution in [0.25, 0.3) is 22.3 Å². The Kier molecular flexibility index (Phi) is 3.65. The number of benzene rings is 1. The van der Waals surface area contributed by atoms with E-state index in [0.29, 0.717) is 11.0 Å². The standard InChI is InChI=1S/C16H15N5O/c1-21(2)10-17-16-19-13-9-8-12(11-6-4-3-5-7-11)18-14(13)15(22)20-16/h3-10H,1-2H3,(H,19,20,22)/b17-10+. The number of rotatable bonds is 3. The quantitative estimate of drug-likeness (QED) is 0.593. The van der Waals surface area contributed by atoms with E-state index in [1.54, 1.807) is 17.3 Å². The second-order valence-corrected chi connectivity index (χ2v) is 5.03. The highest BCUT2D eigenvalue weighted by molar-refractivity contribution is 5.78. The van der Waals surface area contributed by atoms with Crippen LogP contribution in [0.2, 0.25) is 0 Å². The zero-order valence-electron chi connectivity index (χ0n) is 12.3. The summed E-state index contributed by atoms with van der Waals surface area (Å²) in [5.41, 5.74) is 2.23. The van der Waals surface area contributed by atoms with Gasteiger partial charge in [-0.1, -0.05) is 30.3 Å². The third-order valence-electron chi connectivity index (χ3n) is 3.02. The van der Waals surface area contributed by atoms with Crippen LogP contribution in [0, 0.1) is 0 Å². The molecule has 0 aliphatic rings. The van der Waals surface area contributed by atoms with E-state index in [1.165, 1.54) is 0 Å². The molecule has 0 unspecified atom stereocenters. The molecule has 2 heterocycles. The number of aliphatic imine (C=N–C) groups is 1. The number of aromatic nitrogens is 3. The van der Waals surface area contributed by atoms with Crippen LogP contribution in [0.3, 0.4) is 0 Å². The smallest absolute Gasteiger partial charge is 0.278 e. The lowest BCUT2D eigenvalue weighted by Gasteiger charge is -2.04. The first kappa shape index (κ1) is 13.9. The highest BCUT2D eigenvalue weighted by atomic mass is 16.1. The van der Waals surface area contributed by atoms with E-state index < -0.39 is 0 Å². The van der Waals surface area contributed by atoms with E-state index in [9.17, 15) is 4.79 Å². The van der Waals surface area contributed by atoms with Crippen LogP contribution in [0.5, 0.6) is 0 Å². The third kappa shape index (κ3) is 2.85. The normalized spacial score (nSPS) is 11.2. The number of pyridine rings is 1. The fourth-order valence-corrected chi connectivity index (χ4v) is 2.01. The van der Waals surface area contributed by atoms with Crippen LogP contribution in [0.1, 0.15) is 0 Å². The van der Waals surface area contributed by atoms with Crippen LogP contribution < -0.4 is 5.56 Å². The average Bonchev–Trinajstić information content (AvgIpc) is 2.53. The van der Waals surface area contributed by atoms with Gasteiger partial charge < -0.3 is 4.90 Å². The maximum atomic E-state index is 12.2. The minimum atomic E-state index is -0.298. The molecule has 0 spiro atoms. The van der Waals surface area contributed by atoms with Crippen LogP contribution in [-0.2, 0) is 0 Å². The summed E-state index contributed by atoms with van der Waals surface area (Å²) in [6, 6.07) is 13.3. The zero-order chi connectivity index (χ0) is 15.5. The lowest BCUT2D eigenvalue weighted by atomic mass is 10.1. The molecule has 6 nitrogen and oxygen atoms in total. The van der Waals surface area contributed by atoms with Crippen molar-refractivity contribution >= 4 is 23.3 Å². The second-order valence-electron chi connectivity index (χ2n) is 5.03. The Morgan fingerprint density at radius 2 is 1.86 bits per heavy atom. The third-order valence-corrected chi connectivity index (χ3v) is 3.02. The van der Waals surface area contributed by atoms with Crippen molar-refractivity contribution in [3.05, 3.63) is 52.8 Å². The molecule has 0 radical (unpaired) electrons. The van der Waals surface area contributed by atoms with Crippen molar-refractivity contribution in [3.8, 4) is 11.3 Å². The molecule has 3 rings (SSSR count). The molecule has 3 aromatic rings. The number of H-pyrrole nitrogens is 1. The van der Waals surface area contributed by atoms with Crippen molar-refractivity contribution in [2.45, 2.75) is 0 Å². The van der Waals surface area contributed by atoms with Gasteiger partial charge in [0, 0.05) is 19.7 Å². The Bertz CT molecular complexity index is 884. The van der Waals surface area contributed by atoms with Crippen molar-refractivity contribution in [2.24, 2.45) is 4.99 Å². The zero-order valence-corrected chi connectivity index (χ0v) is 12.3. The highest BCUT2D eigenvalue weighted by Gasteiger charge is 2.07. The molecule has 2 aromatic heterocycles. The summed E-state index contributed by atoms with van der Waals surface area (Å²) in [6.07, 6.45) is 1.58. The summed E-state index contributed by atoms with van der Waals surface area (Å²) in [5, 5.41) is 0. The molecular formula is C16H15N5O. The van der Waals surface area contributed by atoms with E-state index in [2.05, 4.69) is 19.9 Å². The van der Waals surface area contributed by atoms with Crippen molar-refractivity contribution in [1.82, 2.24) is 19.9 Å². The first-order valence-electron chi connectivity index (χ1n) is 6.80.